The van der Waals surface area contributed by atoms with Gasteiger partial charge in [-0.2, -0.15) is 0 Å². The summed E-state index contributed by atoms with van der Waals surface area (Å²) >= 11 is 0. The van der Waals surface area contributed by atoms with E-state index in [0.717, 1.165) is 12.3 Å². The molecular weight excluding hydrogens is 206 g/mol. The third-order valence-electron chi connectivity index (χ3n) is 1.67. The average molecular weight is 215 g/mol. The predicted molar refractivity (Wildman–Crippen MR) is 49.0 cm³/mol. The lowest BCUT2D eigenvalue weighted by molar-refractivity contribution is 0.0690. The number of pyridine rings is 1. The van der Waals surface area contributed by atoms with Crippen molar-refractivity contribution in [3.63, 3.8) is 0 Å². The molecule has 0 radical (unpaired) electrons. The molecular formula is C8H9NO4S. The van der Waals surface area contributed by atoms with Crippen LogP contribution < -0.4 is 0 Å². The number of aromatic nitrogens is 1. The molecule has 14 heavy (non-hydrogen) atoms. The van der Waals surface area contributed by atoms with Crippen molar-refractivity contribution in [2.24, 2.45) is 0 Å². The zero-order valence-electron chi connectivity index (χ0n) is 7.68. The lowest BCUT2D eigenvalue weighted by atomic mass is 10.3. The summed E-state index contributed by atoms with van der Waals surface area (Å²) in [5.74, 6) is -1.24. The summed E-state index contributed by atoms with van der Waals surface area (Å²) in [4.78, 5) is 14.1. The Morgan fingerprint density at radius 1 is 1.50 bits per heavy atom. The van der Waals surface area contributed by atoms with Crippen molar-refractivity contribution in [3.05, 3.63) is 23.5 Å². The second-order valence-electron chi connectivity index (χ2n) is 2.91. The van der Waals surface area contributed by atoms with Crippen LogP contribution >= 0.6 is 0 Å². The Bertz CT molecular complexity index is 478. The minimum atomic E-state index is -3.39. The van der Waals surface area contributed by atoms with Gasteiger partial charge >= 0.3 is 5.97 Å². The van der Waals surface area contributed by atoms with E-state index in [0.29, 0.717) is 5.56 Å². The Morgan fingerprint density at radius 3 is 2.50 bits per heavy atom. The zero-order chi connectivity index (χ0) is 10.9. The van der Waals surface area contributed by atoms with E-state index in [9.17, 15) is 13.2 Å². The molecule has 0 aliphatic rings. The van der Waals surface area contributed by atoms with Crippen molar-refractivity contribution in [2.75, 3.05) is 6.26 Å². The molecule has 0 aliphatic carbocycles. The Labute approximate surface area is 81.3 Å². The third kappa shape index (κ3) is 2.08. The molecule has 1 aromatic heterocycles. The van der Waals surface area contributed by atoms with Crippen LogP contribution in [0.4, 0.5) is 0 Å². The van der Waals surface area contributed by atoms with E-state index < -0.39 is 15.8 Å². The fraction of sp³-hybridized carbons (Fsp3) is 0.250. The minimum absolute atomic E-state index is 0.00454. The predicted octanol–water partition coefficient (Wildman–Crippen LogP) is 0.492. The highest BCUT2D eigenvalue weighted by molar-refractivity contribution is 7.90. The molecule has 1 rings (SSSR count). The highest BCUT2D eigenvalue weighted by Gasteiger charge is 2.14. The number of aromatic carboxylic acids is 1. The van der Waals surface area contributed by atoms with E-state index in [1.54, 1.807) is 6.92 Å². The first kappa shape index (κ1) is 10.6. The molecule has 0 atom stereocenters. The van der Waals surface area contributed by atoms with Crippen LogP contribution in [0.3, 0.4) is 0 Å². The van der Waals surface area contributed by atoms with Crippen molar-refractivity contribution in [1.82, 2.24) is 4.98 Å². The van der Waals surface area contributed by atoms with Crippen molar-refractivity contribution in [3.8, 4) is 0 Å². The van der Waals surface area contributed by atoms with E-state index >= 15 is 0 Å². The topological polar surface area (TPSA) is 84.3 Å². The van der Waals surface area contributed by atoms with E-state index in [2.05, 4.69) is 4.98 Å². The molecule has 5 nitrogen and oxygen atoms in total. The lowest BCUT2D eigenvalue weighted by Crippen LogP contribution is -2.06. The first-order valence-electron chi connectivity index (χ1n) is 3.72. The maximum atomic E-state index is 11.2. The molecule has 0 bridgehead atoms. The number of hydrogen-bond donors (Lipinski definition) is 1. The second-order valence-corrected chi connectivity index (χ2v) is 4.90. The van der Waals surface area contributed by atoms with Crippen LogP contribution in [0.5, 0.6) is 0 Å². The largest absolute Gasteiger partial charge is 0.477 e. The van der Waals surface area contributed by atoms with E-state index in [1.165, 1.54) is 6.20 Å². The van der Waals surface area contributed by atoms with Gasteiger partial charge in [0.15, 0.2) is 9.84 Å². The summed E-state index contributed by atoms with van der Waals surface area (Å²) in [6.45, 7) is 1.56. The minimum Gasteiger partial charge on any atom is -0.477 e. The average Bonchev–Trinajstić information content (AvgIpc) is 2.02. The van der Waals surface area contributed by atoms with Gasteiger partial charge in [0.25, 0.3) is 0 Å². The molecule has 0 aromatic carbocycles. The van der Waals surface area contributed by atoms with Crippen molar-refractivity contribution >= 4 is 15.8 Å². The van der Waals surface area contributed by atoms with E-state index in [-0.39, 0.29) is 10.6 Å². The maximum absolute atomic E-state index is 11.2. The highest BCUT2D eigenvalue weighted by atomic mass is 32.2. The Hall–Kier alpha value is -1.43. The van der Waals surface area contributed by atoms with Crippen LogP contribution in [-0.4, -0.2) is 30.7 Å². The molecule has 1 heterocycles. The van der Waals surface area contributed by atoms with Gasteiger partial charge in [-0.05, 0) is 18.6 Å². The molecule has 0 aliphatic heterocycles. The first-order valence-corrected chi connectivity index (χ1v) is 5.61. The number of carboxylic acids is 1. The van der Waals surface area contributed by atoms with Crippen molar-refractivity contribution < 1.29 is 18.3 Å². The molecule has 0 fully saturated rings. The number of nitrogens with zero attached hydrogens (tertiary/aromatic N) is 1. The van der Waals surface area contributed by atoms with Crippen molar-refractivity contribution in [1.29, 1.82) is 0 Å². The molecule has 1 N–H and O–H groups in total. The first-order chi connectivity index (χ1) is 6.32. The molecule has 6 heteroatoms. The number of sulfone groups is 1. The number of hydrogen-bond acceptors (Lipinski definition) is 4. The van der Waals surface area contributed by atoms with Gasteiger partial charge in [0.2, 0.25) is 0 Å². The number of carbonyl (C=O) groups is 1. The van der Waals surface area contributed by atoms with Gasteiger partial charge in [0, 0.05) is 12.5 Å². The quantitative estimate of drug-likeness (QED) is 0.776. The van der Waals surface area contributed by atoms with Crippen molar-refractivity contribution in [2.45, 2.75) is 11.8 Å². The number of rotatable bonds is 2. The SMILES string of the molecule is Cc1cnc(C(=O)O)cc1S(C)(=O)=O. The molecule has 76 valence electrons. The Morgan fingerprint density at radius 2 is 2.07 bits per heavy atom. The summed E-state index contributed by atoms with van der Waals surface area (Å²) in [6.07, 6.45) is 2.26. The van der Waals surface area contributed by atoms with Gasteiger partial charge in [-0.3, -0.25) is 0 Å². The number of aryl methyl sites for hydroxylation is 1. The van der Waals surface area contributed by atoms with Crippen LogP contribution in [0.1, 0.15) is 16.1 Å². The van der Waals surface area contributed by atoms with Crippen LogP contribution in [-0.2, 0) is 9.84 Å². The van der Waals surface area contributed by atoms with Gasteiger partial charge in [0.1, 0.15) is 5.69 Å². The van der Waals surface area contributed by atoms with E-state index in [1.807, 2.05) is 0 Å². The molecule has 0 amide bonds. The van der Waals surface area contributed by atoms with Gasteiger partial charge < -0.3 is 5.11 Å². The summed E-state index contributed by atoms with van der Waals surface area (Å²) in [7, 11) is -3.39. The third-order valence-corrected chi connectivity index (χ3v) is 2.91. The van der Waals surface area contributed by atoms with Crippen LogP contribution in [0, 0.1) is 6.92 Å². The van der Waals surface area contributed by atoms with Crippen LogP contribution in [0.25, 0.3) is 0 Å². The van der Waals surface area contributed by atoms with Crippen LogP contribution in [0.2, 0.25) is 0 Å². The molecule has 0 unspecified atom stereocenters. The Balaban J connectivity index is 3.44. The van der Waals surface area contributed by atoms with Gasteiger partial charge in [-0.15, -0.1) is 0 Å². The lowest BCUT2D eigenvalue weighted by Gasteiger charge is -2.03. The Kier molecular flexibility index (Phi) is 2.57. The number of carboxylic acid groups (broad SMARTS) is 1. The monoisotopic (exact) mass is 215 g/mol. The van der Waals surface area contributed by atoms with Crippen LogP contribution in [0.15, 0.2) is 17.2 Å². The second kappa shape index (κ2) is 3.38. The van der Waals surface area contributed by atoms with Gasteiger partial charge in [-0.1, -0.05) is 0 Å². The molecule has 1 aromatic rings. The van der Waals surface area contributed by atoms with E-state index in [4.69, 9.17) is 5.11 Å². The summed E-state index contributed by atoms with van der Waals surface area (Å²) < 4.78 is 22.4. The molecule has 0 spiro atoms. The zero-order valence-corrected chi connectivity index (χ0v) is 8.50. The highest BCUT2D eigenvalue weighted by Crippen LogP contribution is 2.14. The fourth-order valence-corrected chi connectivity index (χ4v) is 1.98. The summed E-state index contributed by atoms with van der Waals surface area (Å²) in [5.41, 5.74) is 0.175. The fourth-order valence-electron chi connectivity index (χ4n) is 1.02. The smallest absolute Gasteiger partial charge is 0.354 e. The summed E-state index contributed by atoms with van der Waals surface area (Å²) in [5, 5.41) is 8.61. The van der Waals surface area contributed by atoms with Gasteiger partial charge in [-0.25, -0.2) is 18.2 Å². The standard InChI is InChI=1S/C8H9NO4S/c1-5-4-9-6(8(10)11)3-7(5)14(2,12)13/h3-4H,1-2H3,(H,10,11). The maximum Gasteiger partial charge on any atom is 0.354 e. The summed E-state index contributed by atoms with van der Waals surface area (Å²) in [6, 6.07) is 1.06. The molecule has 0 saturated carbocycles. The normalized spacial score (nSPS) is 11.3. The molecule has 0 saturated heterocycles. The van der Waals surface area contributed by atoms with Gasteiger partial charge in [0.05, 0.1) is 4.90 Å².